The molecule has 0 aromatic carbocycles. The number of rotatable bonds is 10. The molecule has 31 heavy (non-hydrogen) atoms. The van der Waals surface area contributed by atoms with Gasteiger partial charge in [-0.05, 0) is 25.3 Å². The summed E-state index contributed by atoms with van der Waals surface area (Å²) in [5.41, 5.74) is 18.5. The number of ether oxygens (including phenoxy) is 1. The van der Waals surface area contributed by atoms with Gasteiger partial charge < -0.3 is 31.5 Å². The number of aryl methyl sites for hydroxylation is 1. The maximum Gasteiger partial charge on any atom is 0.322 e. The van der Waals surface area contributed by atoms with Crippen molar-refractivity contribution in [3.05, 3.63) is 46.1 Å². The molecule has 10 heteroatoms. The Morgan fingerprint density at radius 1 is 1.39 bits per heavy atom. The van der Waals surface area contributed by atoms with E-state index in [4.69, 9.17) is 16.2 Å². The average Bonchev–Trinajstić information content (AvgIpc) is 2.73. The van der Waals surface area contributed by atoms with Crippen LogP contribution < -0.4 is 33.2 Å². The molecule has 1 fully saturated rings. The fourth-order valence-electron chi connectivity index (χ4n) is 3.47. The van der Waals surface area contributed by atoms with E-state index in [1.807, 2.05) is 0 Å². The Labute approximate surface area is 183 Å². The van der Waals surface area contributed by atoms with Crippen LogP contribution in [0.25, 0.3) is 0 Å². The molecule has 0 aliphatic heterocycles. The minimum atomic E-state index is -0.633. The molecule has 0 amide bonds. The van der Waals surface area contributed by atoms with Gasteiger partial charge in [-0.15, -0.1) is 0 Å². The second-order valence-corrected chi connectivity index (χ2v) is 7.86. The Hall–Kier alpha value is -2.85. The molecule has 3 atom stereocenters. The van der Waals surface area contributed by atoms with Crippen LogP contribution in [-0.4, -0.2) is 42.1 Å². The molecule has 7 N–H and O–H groups in total. The van der Waals surface area contributed by atoms with Crippen molar-refractivity contribution in [1.29, 1.82) is 0 Å². The number of aromatic nitrogens is 1. The summed E-state index contributed by atoms with van der Waals surface area (Å²) < 4.78 is 6.86. The normalized spacial score (nSPS) is 20.8. The molecule has 1 heterocycles. The number of esters is 1. The lowest BCUT2D eigenvalue weighted by atomic mass is 9.85. The fourth-order valence-corrected chi connectivity index (χ4v) is 3.47. The van der Waals surface area contributed by atoms with Crippen LogP contribution in [0.15, 0.2) is 40.0 Å². The second kappa shape index (κ2) is 12.1. The van der Waals surface area contributed by atoms with Crippen LogP contribution in [0.1, 0.15) is 38.2 Å². The van der Waals surface area contributed by atoms with E-state index in [9.17, 15) is 9.59 Å². The maximum atomic E-state index is 11.7. The van der Waals surface area contributed by atoms with Crippen molar-refractivity contribution in [3.63, 3.8) is 0 Å². The fraction of sp³-hybridized carbons (Fsp3) is 0.571. The van der Waals surface area contributed by atoms with Gasteiger partial charge in [-0.2, -0.15) is 0 Å². The molecule has 1 aromatic heterocycles. The van der Waals surface area contributed by atoms with Crippen molar-refractivity contribution >= 4 is 11.8 Å². The predicted molar refractivity (Wildman–Crippen MR) is 121 cm³/mol. The molecule has 172 valence electrons. The topological polar surface area (TPSA) is 149 Å². The Morgan fingerprint density at radius 2 is 2.13 bits per heavy atom. The first-order valence-corrected chi connectivity index (χ1v) is 10.6. The monoisotopic (exact) mass is 433 g/mol. The SMILES string of the molecule is CNN/C(=C\C(N)=N[C@H]1CCCC[C@H]1COC(=O)[C@H](C)N)NCc1ccc(=O)n(C)c1. The lowest BCUT2D eigenvalue weighted by molar-refractivity contribution is -0.146. The molecule has 0 saturated heterocycles. The van der Waals surface area contributed by atoms with Gasteiger partial charge in [0.15, 0.2) is 0 Å². The number of hydrogen-bond donors (Lipinski definition) is 5. The van der Waals surface area contributed by atoms with Gasteiger partial charge in [0.25, 0.3) is 0 Å². The Morgan fingerprint density at radius 3 is 2.81 bits per heavy atom. The van der Waals surface area contributed by atoms with E-state index in [-0.39, 0.29) is 17.5 Å². The quantitative estimate of drug-likeness (QED) is 0.148. The summed E-state index contributed by atoms with van der Waals surface area (Å²) in [4.78, 5) is 27.9. The first-order chi connectivity index (χ1) is 14.8. The zero-order chi connectivity index (χ0) is 22.8. The number of pyridine rings is 1. The molecule has 0 unspecified atom stereocenters. The Balaban J connectivity index is 2.04. The molecule has 10 nitrogen and oxygen atoms in total. The number of amidine groups is 1. The second-order valence-electron chi connectivity index (χ2n) is 7.86. The van der Waals surface area contributed by atoms with Crippen LogP contribution in [0, 0.1) is 5.92 Å². The van der Waals surface area contributed by atoms with Crippen LogP contribution in [0.4, 0.5) is 0 Å². The van der Waals surface area contributed by atoms with Crippen molar-refractivity contribution in [2.75, 3.05) is 13.7 Å². The Bertz CT molecular complexity index is 848. The van der Waals surface area contributed by atoms with Gasteiger partial charge in [0.2, 0.25) is 5.56 Å². The standard InChI is InChI=1S/C21H35N7O3/c1-14(22)21(30)31-13-16-6-4-5-7-17(16)26-18(23)10-19(27-24-2)25-11-15-8-9-20(29)28(3)12-15/h8-10,12,14,16-17,24-25,27H,4-7,11,13,22H2,1-3H3,(H2,23,26)/b19-10-/t14-,16-,17-/m0/s1. The van der Waals surface area contributed by atoms with Crippen molar-refractivity contribution in [1.82, 2.24) is 20.7 Å². The zero-order valence-electron chi connectivity index (χ0n) is 18.6. The van der Waals surface area contributed by atoms with Gasteiger partial charge in [-0.25, -0.2) is 5.43 Å². The van der Waals surface area contributed by atoms with Gasteiger partial charge in [0.1, 0.15) is 17.7 Å². The molecule has 1 saturated carbocycles. The van der Waals surface area contributed by atoms with Gasteiger partial charge >= 0.3 is 5.97 Å². The number of carbonyl (C=O) groups excluding carboxylic acids is 1. The summed E-state index contributed by atoms with van der Waals surface area (Å²) in [6.07, 6.45) is 7.47. The molecular formula is C21H35N7O3. The first-order valence-electron chi connectivity index (χ1n) is 10.6. The summed E-state index contributed by atoms with van der Waals surface area (Å²) >= 11 is 0. The molecular weight excluding hydrogens is 398 g/mol. The molecule has 1 aliphatic rings. The summed E-state index contributed by atoms with van der Waals surface area (Å²) in [6.45, 7) is 2.42. The maximum absolute atomic E-state index is 11.7. The molecule has 0 spiro atoms. The van der Waals surface area contributed by atoms with E-state index in [1.165, 1.54) is 10.6 Å². The number of nitrogens with one attached hydrogen (secondary N) is 3. The largest absolute Gasteiger partial charge is 0.464 e. The van der Waals surface area contributed by atoms with E-state index in [1.54, 1.807) is 39.4 Å². The minimum Gasteiger partial charge on any atom is -0.464 e. The third kappa shape index (κ3) is 8.06. The molecule has 0 radical (unpaired) electrons. The average molecular weight is 434 g/mol. The molecule has 1 aromatic rings. The smallest absolute Gasteiger partial charge is 0.322 e. The highest BCUT2D eigenvalue weighted by Crippen LogP contribution is 2.27. The number of nitrogens with two attached hydrogens (primary N) is 2. The number of carbonyl (C=O) groups is 1. The van der Waals surface area contributed by atoms with Crippen LogP contribution in [0.5, 0.6) is 0 Å². The third-order valence-corrected chi connectivity index (χ3v) is 5.18. The summed E-state index contributed by atoms with van der Waals surface area (Å²) in [5.74, 6) is 0.751. The van der Waals surface area contributed by atoms with E-state index in [0.717, 1.165) is 31.2 Å². The summed E-state index contributed by atoms with van der Waals surface area (Å²) in [6, 6.07) is 2.67. The zero-order valence-corrected chi connectivity index (χ0v) is 18.6. The van der Waals surface area contributed by atoms with E-state index in [2.05, 4.69) is 21.2 Å². The number of nitrogens with zero attached hydrogens (tertiary/aromatic N) is 2. The van der Waals surface area contributed by atoms with E-state index in [0.29, 0.717) is 24.8 Å². The highest BCUT2D eigenvalue weighted by Gasteiger charge is 2.26. The lowest BCUT2D eigenvalue weighted by Gasteiger charge is -2.28. The van der Waals surface area contributed by atoms with Crippen molar-refractivity contribution < 1.29 is 9.53 Å². The minimum absolute atomic E-state index is 0.00892. The van der Waals surface area contributed by atoms with Crippen molar-refractivity contribution in [2.45, 2.75) is 51.2 Å². The van der Waals surface area contributed by atoms with Crippen LogP contribution >= 0.6 is 0 Å². The van der Waals surface area contributed by atoms with Gasteiger partial charge in [0, 0.05) is 44.9 Å². The number of hydrogen-bond acceptors (Lipinski definition) is 8. The number of hydrazine groups is 1. The van der Waals surface area contributed by atoms with Crippen molar-refractivity contribution in [2.24, 2.45) is 29.4 Å². The molecule has 1 aliphatic carbocycles. The van der Waals surface area contributed by atoms with Gasteiger partial charge in [-0.3, -0.25) is 14.6 Å². The molecule has 2 rings (SSSR count). The summed E-state index contributed by atoms with van der Waals surface area (Å²) in [5, 5.41) is 3.24. The number of aliphatic imine (C=N–C) groups is 1. The van der Waals surface area contributed by atoms with E-state index < -0.39 is 12.0 Å². The lowest BCUT2D eigenvalue weighted by Crippen LogP contribution is -2.36. The first kappa shape index (κ1) is 24.4. The van der Waals surface area contributed by atoms with E-state index >= 15 is 0 Å². The van der Waals surface area contributed by atoms with Gasteiger partial charge in [0.05, 0.1) is 12.6 Å². The highest BCUT2D eigenvalue weighted by molar-refractivity contribution is 5.92. The third-order valence-electron chi connectivity index (χ3n) is 5.18. The van der Waals surface area contributed by atoms with Crippen molar-refractivity contribution in [3.8, 4) is 0 Å². The van der Waals surface area contributed by atoms with Crippen LogP contribution in [-0.2, 0) is 23.1 Å². The predicted octanol–water partition coefficient (Wildman–Crippen LogP) is -0.153. The summed E-state index contributed by atoms with van der Waals surface area (Å²) in [7, 11) is 3.46. The highest BCUT2D eigenvalue weighted by atomic mass is 16.5. The Kier molecular flexibility index (Phi) is 9.54. The molecule has 0 bridgehead atoms. The van der Waals surface area contributed by atoms with Crippen LogP contribution in [0.3, 0.4) is 0 Å². The van der Waals surface area contributed by atoms with Gasteiger partial charge in [-0.1, -0.05) is 18.9 Å². The van der Waals surface area contributed by atoms with Crippen LogP contribution in [0.2, 0.25) is 0 Å².